The minimum absolute atomic E-state index is 0.00914. The van der Waals surface area contributed by atoms with Gasteiger partial charge in [-0.2, -0.15) is 5.26 Å². The normalized spacial score (nSPS) is 14.3. The lowest BCUT2D eigenvalue weighted by atomic mass is 9.83. The van der Waals surface area contributed by atoms with Gasteiger partial charge in [-0.1, -0.05) is 77.8 Å². The molecule has 0 amide bonds. The number of aryl methyl sites for hydroxylation is 1. The highest BCUT2D eigenvalue weighted by atomic mass is 35.5. The molecule has 1 unspecified atom stereocenters. The highest BCUT2D eigenvalue weighted by molar-refractivity contribution is 6.31. The minimum atomic E-state index is -0.530. The summed E-state index contributed by atoms with van der Waals surface area (Å²) in [6, 6.07) is 29.9. The van der Waals surface area contributed by atoms with E-state index < -0.39 is 11.9 Å². The molecular formula is C33H25ClN2O4. The van der Waals surface area contributed by atoms with Gasteiger partial charge in [0.15, 0.2) is 0 Å². The van der Waals surface area contributed by atoms with Crippen LogP contribution in [-0.2, 0) is 11.4 Å². The number of nitrogens with two attached hydrogens (primary N) is 1. The van der Waals surface area contributed by atoms with Gasteiger partial charge in [-0.25, -0.2) is 4.79 Å². The summed E-state index contributed by atoms with van der Waals surface area (Å²) in [6.07, 6.45) is 3.05. The molecule has 0 saturated heterocycles. The number of carbonyl (C=O) groups is 1. The number of esters is 1. The molecule has 1 aliphatic heterocycles. The van der Waals surface area contributed by atoms with Gasteiger partial charge < -0.3 is 19.9 Å². The van der Waals surface area contributed by atoms with Crippen molar-refractivity contribution in [2.45, 2.75) is 19.4 Å². The second kappa shape index (κ2) is 11.8. The Morgan fingerprint density at radius 1 is 1.02 bits per heavy atom. The summed E-state index contributed by atoms with van der Waals surface area (Å²) in [6.45, 7) is 2.29. The van der Waals surface area contributed by atoms with E-state index >= 15 is 0 Å². The maximum Gasteiger partial charge on any atom is 0.336 e. The standard InChI is InChI=1S/C33H25ClN2O4/c1-21-9-11-22(12-10-21)13-16-31(37)39-26-14-15-27-30(18-26)40-33(36)28(19-35)32(27)23-6-4-7-25(17-23)38-20-24-5-2-3-8-29(24)34/h2-18,32H,20,36H2,1H3/b16-13+. The summed E-state index contributed by atoms with van der Waals surface area (Å²) in [4.78, 5) is 12.4. The number of benzene rings is 4. The van der Waals surface area contributed by atoms with Gasteiger partial charge in [0.05, 0.1) is 5.92 Å². The number of rotatable bonds is 7. The van der Waals surface area contributed by atoms with Gasteiger partial charge in [-0.15, -0.1) is 0 Å². The minimum Gasteiger partial charge on any atom is -0.489 e. The van der Waals surface area contributed by atoms with Gasteiger partial charge in [0, 0.05) is 28.3 Å². The zero-order chi connectivity index (χ0) is 28.1. The third kappa shape index (κ3) is 6.01. The summed E-state index contributed by atoms with van der Waals surface area (Å²) in [5.41, 5.74) is 10.8. The highest BCUT2D eigenvalue weighted by Gasteiger charge is 2.31. The SMILES string of the molecule is Cc1ccc(/C=C/C(=O)Oc2ccc3c(c2)OC(N)=C(C#N)C3c2cccc(OCc3ccccc3Cl)c2)cc1. The lowest BCUT2D eigenvalue weighted by molar-refractivity contribution is -0.128. The molecule has 4 aromatic rings. The van der Waals surface area contributed by atoms with Gasteiger partial charge in [0.2, 0.25) is 5.88 Å². The van der Waals surface area contributed by atoms with Crippen molar-refractivity contribution in [1.29, 1.82) is 5.26 Å². The van der Waals surface area contributed by atoms with Crippen LogP contribution in [0.1, 0.15) is 33.7 Å². The van der Waals surface area contributed by atoms with Crippen LogP contribution in [0.2, 0.25) is 5.02 Å². The average Bonchev–Trinajstić information content (AvgIpc) is 2.96. The third-order valence-electron chi connectivity index (χ3n) is 6.44. The Hall–Kier alpha value is -4.99. The van der Waals surface area contributed by atoms with Crippen molar-refractivity contribution in [3.63, 3.8) is 0 Å². The first-order chi connectivity index (χ1) is 19.4. The molecule has 0 spiro atoms. The molecule has 1 heterocycles. The highest BCUT2D eigenvalue weighted by Crippen LogP contribution is 2.44. The number of fused-ring (bicyclic) bond motifs is 1. The number of ether oxygens (including phenoxy) is 3. The van der Waals surface area contributed by atoms with E-state index in [2.05, 4.69) is 6.07 Å². The zero-order valence-electron chi connectivity index (χ0n) is 21.6. The number of hydrogen-bond acceptors (Lipinski definition) is 6. The second-order valence-corrected chi connectivity index (χ2v) is 9.65. The molecule has 7 heteroatoms. The van der Waals surface area contributed by atoms with Crippen molar-refractivity contribution in [3.05, 3.63) is 141 Å². The first-order valence-electron chi connectivity index (χ1n) is 12.6. The number of nitriles is 1. The molecule has 5 rings (SSSR count). The number of hydrogen-bond donors (Lipinski definition) is 1. The molecule has 2 N–H and O–H groups in total. The lowest BCUT2D eigenvalue weighted by Gasteiger charge is -2.27. The van der Waals surface area contributed by atoms with E-state index in [1.54, 1.807) is 24.3 Å². The molecule has 1 atom stereocenters. The van der Waals surface area contributed by atoms with E-state index in [-0.39, 0.29) is 11.5 Å². The Balaban J connectivity index is 1.37. The maximum atomic E-state index is 12.4. The van der Waals surface area contributed by atoms with Gasteiger partial charge in [0.25, 0.3) is 0 Å². The van der Waals surface area contributed by atoms with E-state index in [1.165, 1.54) is 6.08 Å². The molecule has 0 fully saturated rings. The molecule has 0 saturated carbocycles. The van der Waals surface area contributed by atoms with E-state index in [0.29, 0.717) is 34.4 Å². The summed E-state index contributed by atoms with van der Waals surface area (Å²) in [7, 11) is 0. The zero-order valence-corrected chi connectivity index (χ0v) is 22.4. The van der Waals surface area contributed by atoms with Crippen molar-refractivity contribution < 1.29 is 19.0 Å². The Bertz CT molecular complexity index is 1670. The topological polar surface area (TPSA) is 94.6 Å². The molecule has 0 aliphatic carbocycles. The monoisotopic (exact) mass is 548 g/mol. The molecule has 198 valence electrons. The van der Waals surface area contributed by atoms with Gasteiger partial charge in [-0.05, 0) is 48.4 Å². The molecule has 4 aromatic carbocycles. The van der Waals surface area contributed by atoms with E-state index in [4.69, 9.17) is 31.5 Å². The lowest BCUT2D eigenvalue weighted by Crippen LogP contribution is -2.21. The molecule has 40 heavy (non-hydrogen) atoms. The summed E-state index contributed by atoms with van der Waals surface area (Å²) < 4.78 is 17.3. The van der Waals surface area contributed by atoms with E-state index in [1.807, 2.05) is 79.7 Å². The quantitative estimate of drug-likeness (QED) is 0.151. The maximum absolute atomic E-state index is 12.4. The Morgan fingerprint density at radius 3 is 2.60 bits per heavy atom. The fourth-order valence-corrected chi connectivity index (χ4v) is 4.58. The second-order valence-electron chi connectivity index (χ2n) is 9.24. The van der Waals surface area contributed by atoms with Crippen LogP contribution in [0.25, 0.3) is 6.08 Å². The Labute approximate surface area is 237 Å². The predicted molar refractivity (Wildman–Crippen MR) is 154 cm³/mol. The fourth-order valence-electron chi connectivity index (χ4n) is 4.39. The van der Waals surface area contributed by atoms with Crippen molar-refractivity contribution in [2.75, 3.05) is 0 Å². The van der Waals surface area contributed by atoms with Crippen LogP contribution in [0, 0.1) is 18.3 Å². The molecule has 0 bridgehead atoms. The van der Waals surface area contributed by atoms with E-state index in [0.717, 1.165) is 22.3 Å². The number of nitrogens with zero attached hydrogens (tertiary/aromatic N) is 1. The average molecular weight is 549 g/mol. The summed E-state index contributed by atoms with van der Waals surface area (Å²) >= 11 is 6.26. The smallest absolute Gasteiger partial charge is 0.336 e. The predicted octanol–water partition coefficient (Wildman–Crippen LogP) is 7.06. The van der Waals surface area contributed by atoms with Crippen LogP contribution in [0.15, 0.2) is 109 Å². The van der Waals surface area contributed by atoms with Crippen LogP contribution >= 0.6 is 11.6 Å². The van der Waals surface area contributed by atoms with Crippen molar-refractivity contribution in [3.8, 4) is 23.3 Å². The first kappa shape index (κ1) is 26.6. The van der Waals surface area contributed by atoms with Crippen LogP contribution < -0.4 is 19.9 Å². The molecular weight excluding hydrogens is 524 g/mol. The number of allylic oxidation sites excluding steroid dienone is 1. The first-order valence-corrected chi connectivity index (χ1v) is 12.9. The summed E-state index contributed by atoms with van der Waals surface area (Å²) in [5.74, 6) is 0.274. The fraction of sp³-hybridized carbons (Fsp3) is 0.0909. The molecule has 1 aliphatic rings. The molecule has 0 aromatic heterocycles. The Kier molecular flexibility index (Phi) is 7.86. The van der Waals surface area contributed by atoms with Crippen molar-refractivity contribution >= 4 is 23.6 Å². The van der Waals surface area contributed by atoms with Crippen molar-refractivity contribution in [1.82, 2.24) is 0 Å². The van der Waals surface area contributed by atoms with Crippen LogP contribution in [0.4, 0.5) is 0 Å². The van der Waals surface area contributed by atoms with Crippen LogP contribution in [-0.4, -0.2) is 5.97 Å². The van der Waals surface area contributed by atoms with Gasteiger partial charge >= 0.3 is 5.97 Å². The van der Waals surface area contributed by atoms with Crippen LogP contribution in [0.3, 0.4) is 0 Å². The van der Waals surface area contributed by atoms with Crippen LogP contribution in [0.5, 0.6) is 17.2 Å². The number of halogens is 1. The van der Waals surface area contributed by atoms with Gasteiger partial charge in [-0.3, -0.25) is 0 Å². The van der Waals surface area contributed by atoms with Crippen molar-refractivity contribution in [2.24, 2.45) is 5.73 Å². The number of carbonyl (C=O) groups excluding carboxylic acids is 1. The third-order valence-corrected chi connectivity index (χ3v) is 6.81. The largest absolute Gasteiger partial charge is 0.489 e. The van der Waals surface area contributed by atoms with E-state index in [9.17, 15) is 10.1 Å². The summed E-state index contributed by atoms with van der Waals surface area (Å²) in [5, 5.41) is 10.5. The van der Waals surface area contributed by atoms with Gasteiger partial charge in [0.1, 0.15) is 35.5 Å². The molecule has 6 nitrogen and oxygen atoms in total. The molecule has 0 radical (unpaired) electrons. The Morgan fingerprint density at radius 2 is 1.82 bits per heavy atom.